The van der Waals surface area contributed by atoms with Gasteiger partial charge < -0.3 is 0 Å². The lowest BCUT2D eigenvalue weighted by Crippen LogP contribution is -2.54. The van der Waals surface area contributed by atoms with Gasteiger partial charge >= 0.3 is 0 Å². The Morgan fingerprint density at radius 1 is 0.857 bits per heavy atom. The second-order valence-corrected chi connectivity index (χ2v) is 8.25. The molecule has 0 amide bonds. The zero-order chi connectivity index (χ0) is 20.3. The second-order valence-electron chi connectivity index (χ2n) is 8.25. The van der Waals surface area contributed by atoms with Gasteiger partial charge in [-0.25, -0.2) is 10.4 Å². The predicted molar refractivity (Wildman–Crippen MR) is 118 cm³/mol. The maximum atomic E-state index is 3.63. The Morgan fingerprint density at radius 2 is 1.29 bits per heavy atom. The maximum absolute atomic E-state index is 3.63. The van der Waals surface area contributed by atoms with Gasteiger partial charge in [-0.3, -0.25) is 9.80 Å². The zero-order valence-corrected chi connectivity index (χ0v) is 18.0. The van der Waals surface area contributed by atoms with Crippen molar-refractivity contribution in [3.05, 3.63) is 83.4 Å². The van der Waals surface area contributed by atoms with Crippen LogP contribution in [0, 0.1) is 0 Å². The van der Waals surface area contributed by atoms with Gasteiger partial charge in [0, 0.05) is 14.1 Å². The minimum atomic E-state index is 0.190. The highest BCUT2D eigenvalue weighted by Gasteiger charge is 2.47. The van der Waals surface area contributed by atoms with Crippen LogP contribution in [0.15, 0.2) is 72.3 Å². The summed E-state index contributed by atoms with van der Waals surface area (Å²) in [5.41, 5.74) is 7.66. The number of likely N-dealkylation sites (N-methyl/N-ethyl adjacent to an activating group) is 2. The molecule has 1 saturated heterocycles. The van der Waals surface area contributed by atoms with Gasteiger partial charge in [0.1, 0.15) is 0 Å². The molecule has 2 aromatic rings. The highest BCUT2D eigenvalue weighted by atomic mass is 15.5. The van der Waals surface area contributed by atoms with Crippen LogP contribution in [0.5, 0.6) is 0 Å². The molecule has 4 nitrogen and oxygen atoms in total. The van der Waals surface area contributed by atoms with Gasteiger partial charge in [0.15, 0.2) is 0 Å². The average molecular weight is 379 g/mol. The van der Waals surface area contributed by atoms with Gasteiger partial charge in [0.05, 0.1) is 24.3 Å². The standard InChI is InChI=1S/C24H34N4/c1-18(2)17-21(25-26(3)4)24-27(5)22(19-13-9-7-10-14-19)23(28(24)6)20-15-11-8-12-16-20/h7-17,21-25H,1-6H3/t21-,22-,23-/m0/s1. The van der Waals surface area contributed by atoms with Gasteiger partial charge in [-0.15, -0.1) is 0 Å². The van der Waals surface area contributed by atoms with Gasteiger partial charge in [-0.1, -0.05) is 72.3 Å². The molecular formula is C24H34N4. The van der Waals surface area contributed by atoms with Crippen LogP contribution in [0.25, 0.3) is 0 Å². The van der Waals surface area contributed by atoms with E-state index >= 15 is 0 Å². The molecule has 1 heterocycles. The first-order valence-corrected chi connectivity index (χ1v) is 10.0. The molecule has 1 N–H and O–H groups in total. The lowest BCUT2D eigenvalue weighted by molar-refractivity contribution is 0.0988. The summed E-state index contributed by atoms with van der Waals surface area (Å²) in [6, 6.07) is 22.5. The summed E-state index contributed by atoms with van der Waals surface area (Å²) >= 11 is 0. The highest BCUT2D eigenvalue weighted by Crippen LogP contribution is 2.46. The van der Waals surface area contributed by atoms with E-state index in [0.717, 1.165) is 0 Å². The first-order chi connectivity index (χ1) is 13.4. The third-order valence-corrected chi connectivity index (χ3v) is 5.53. The highest BCUT2D eigenvalue weighted by molar-refractivity contribution is 5.30. The first-order valence-electron chi connectivity index (χ1n) is 10.0. The topological polar surface area (TPSA) is 21.8 Å². The van der Waals surface area contributed by atoms with E-state index in [1.807, 2.05) is 0 Å². The SMILES string of the molecule is CC(C)=C[C@H](NN(C)C)C1N(C)[C@@H](c2ccccc2)[C@H](c2ccccc2)N1C. The summed E-state index contributed by atoms with van der Waals surface area (Å²) in [5, 5.41) is 2.05. The summed E-state index contributed by atoms with van der Waals surface area (Å²) in [6.45, 7) is 4.34. The lowest BCUT2D eigenvalue weighted by Gasteiger charge is -2.35. The summed E-state index contributed by atoms with van der Waals surface area (Å²) in [4.78, 5) is 5.04. The third-order valence-electron chi connectivity index (χ3n) is 5.53. The molecule has 0 radical (unpaired) electrons. The minimum absolute atomic E-state index is 0.190. The van der Waals surface area contributed by atoms with Crippen LogP contribution in [-0.2, 0) is 0 Å². The van der Waals surface area contributed by atoms with Crippen LogP contribution in [0.4, 0.5) is 0 Å². The first kappa shape index (κ1) is 20.7. The fourth-order valence-electron chi connectivity index (χ4n) is 4.55. The molecule has 1 fully saturated rings. The molecule has 28 heavy (non-hydrogen) atoms. The molecule has 3 atom stereocenters. The number of hydrogen-bond donors (Lipinski definition) is 1. The molecular weight excluding hydrogens is 344 g/mol. The lowest BCUT2D eigenvalue weighted by atomic mass is 9.93. The fraction of sp³-hybridized carbons (Fsp3) is 0.417. The van der Waals surface area contributed by atoms with Crippen LogP contribution in [0.2, 0.25) is 0 Å². The molecule has 0 aromatic heterocycles. The van der Waals surface area contributed by atoms with Crippen LogP contribution in [0.1, 0.15) is 37.1 Å². The van der Waals surface area contributed by atoms with E-state index < -0.39 is 0 Å². The Morgan fingerprint density at radius 3 is 1.64 bits per heavy atom. The average Bonchev–Trinajstić information content (AvgIpc) is 2.92. The number of rotatable bonds is 6. The fourth-order valence-corrected chi connectivity index (χ4v) is 4.55. The van der Waals surface area contributed by atoms with E-state index in [1.165, 1.54) is 16.7 Å². The molecule has 0 unspecified atom stereocenters. The monoisotopic (exact) mass is 378 g/mol. The number of hydrogen-bond acceptors (Lipinski definition) is 4. The van der Waals surface area contributed by atoms with E-state index in [2.05, 4.69) is 129 Å². The predicted octanol–water partition coefficient (Wildman–Crippen LogP) is 4.07. The quantitative estimate of drug-likeness (QED) is 0.604. The molecule has 150 valence electrons. The number of nitrogens with zero attached hydrogens (tertiary/aromatic N) is 3. The molecule has 4 heteroatoms. The largest absolute Gasteiger partial charge is 0.280 e. The second kappa shape index (κ2) is 9.01. The molecule has 0 aliphatic carbocycles. The smallest absolute Gasteiger partial charge is 0.0837 e. The van der Waals surface area contributed by atoms with Crippen LogP contribution < -0.4 is 5.43 Å². The Balaban J connectivity index is 2.06. The number of nitrogens with one attached hydrogen (secondary N) is 1. The summed E-state index contributed by atoms with van der Waals surface area (Å²) in [6.07, 6.45) is 2.57. The van der Waals surface area contributed by atoms with E-state index in [9.17, 15) is 0 Å². The van der Waals surface area contributed by atoms with Gasteiger partial charge in [0.2, 0.25) is 0 Å². The van der Waals surface area contributed by atoms with Crippen LogP contribution in [0.3, 0.4) is 0 Å². The van der Waals surface area contributed by atoms with Crippen molar-refractivity contribution in [2.45, 2.75) is 38.1 Å². The maximum Gasteiger partial charge on any atom is 0.0837 e. The molecule has 2 aromatic carbocycles. The van der Waals surface area contributed by atoms with Gasteiger partial charge in [-0.2, -0.15) is 0 Å². The molecule has 0 spiro atoms. The van der Waals surface area contributed by atoms with Crippen molar-refractivity contribution in [1.82, 2.24) is 20.2 Å². The van der Waals surface area contributed by atoms with Crippen molar-refractivity contribution in [2.24, 2.45) is 0 Å². The molecule has 3 rings (SSSR count). The molecule has 1 aliphatic heterocycles. The van der Waals surface area contributed by atoms with Gasteiger partial charge in [0.25, 0.3) is 0 Å². The minimum Gasteiger partial charge on any atom is -0.280 e. The van der Waals surface area contributed by atoms with Crippen LogP contribution in [-0.4, -0.2) is 55.2 Å². The Kier molecular flexibility index (Phi) is 6.68. The van der Waals surface area contributed by atoms with Crippen molar-refractivity contribution in [2.75, 3.05) is 28.2 Å². The molecule has 1 aliphatic rings. The summed E-state index contributed by atoms with van der Waals surface area (Å²) in [7, 11) is 8.63. The van der Waals surface area contributed by atoms with Gasteiger partial charge in [-0.05, 0) is 39.1 Å². The third kappa shape index (κ3) is 4.36. The summed E-state index contributed by atoms with van der Waals surface area (Å²) in [5.74, 6) is 0. The van der Waals surface area contributed by atoms with Crippen molar-refractivity contribution in [3.63, 3.8) is 0 Å². The van der Waals surface area contributed by atoms with E-state index in [-0.39, 0.29) is 24.3 Å². The number of benzene rings is 2. The summed E-state index contributed by atoms with van der Waals surface area (Å²) < 4.78 is 0. The Hall–Kier alpha value is -1.98. The molecule has 0 saturated carbocycles. The van der Waals surface area contributed by atoms with Crippen molar-refractivity contribution in [1.29, 1.82) is 0 Å². The Bertz CT molecular complexity index is 716. The molecule has 0 bridgehead atoms. The normalized spacial score (nSPS) is 22.5. The number of allylic oxidation sites excluding steroid dienone is 1. The van der Waals surface area contributed by atoms with Crippen LogP contribution >= 0.6 is 0 Å². The van der Waals surface area contributed by atoms with E-state index in [1.54, 1.807) is 0 Å². The van der Waals surface area contributed by atoms with Crippen molar-refractivity contribution >= 4 is 0 Å². The zero-order valence-electron chi connectivity index (χ0n) is 18.0. The van der Waals surface area contributed by atoms with Crippen molar-refractivity contribution in [3.8, 4) is 0 Å². The van der Waals surface area contributed by atoms with Crippen molar-refractivity contribution < 1.29 is 0 Å². The van der Waals surface area contributed by atoms with E-state index in [0.29, 0.717) is 0 Å². The number of hydrazine groups is 1. The Labute approximate surface area is 170 Å². The van der Waals surface area contributed by atoms with E-state index in [4.69, 9.17) is 0 Å².